The van der Waals surface area contributed by atoms with Gasteiger partial charge in [-0.25, -0.2) is 20.0 Å². The van der Waals surface area contributed by atoms with Gasteiger partial charge in [0.2, 0.25) is 0 Å². The number of fused-ring (bicyclic) bond motifs is 4. The second-order valence-electron chi connectivity index (χ2n) is 12.7. The average Bonchev–Trinajstić information content (AvgIpc) is 3.96. The smallest absolute Gasteiger partial charge is 0.0956 e. The van der Waals surface area contributed by atoms with Gasteiger partial charge in [-0.3, -0.25) is 0 Å². The highest BCUT2D eigenvalue weighted by atomic mass is 79.9. The van der Waals surface area contributed by atoms with E-state index in [4.69, 9.17) is 20.0 Å². The number of hydrogen-bond acceptors (Lipinski definition) is 4. The van der Waals surface area contributed by atoms with Gasteiger partial charge in [0.15, 0.2) is 0 Å². The molecule has 8 bridgehead atoms. The lowest BCUT2D eigenvalue weighted by molar-refractivity contribution is 1.39. The van der Waals surface area contributed by atoms with Crippen molar-refractivity contribution < 1.29 is 0 Å². The molecule has 12 heteroatoms. The van der Waals surface area contributed by atoms with Crippen molar-refractivity contribution in [2.24, 2.45) is 20.0 Å². The summed E-state index contributed by atoms with van der Waals surface area (Å²) in [6.07, 6.45) is 0. The molecular weight excluding hydrogens is 1220 g/mol. The van der Waals surface area contributed by atoms with Crippen LogP contribution in [0.2, 0.25) is 0 Å². The molecule has 0 aliphatic carbocycles. The Bertz CT molecular complexity index is 2820. The molecule has 56 heavy (non-hydrogen) atoms. The summed E-state index contributed by atoms with van der Waals surface area (Å²) >= 11 is 31.4. The van der Waals surface area contributed by atoms with Crippen molar-refractivity contribution in [1.82, 2.24) is 0 Å². The molecule has 0 fully saturated rings. The lowest BCUT2D eigenvalue weighted by atomic mass is 9.86. The van der Waals surface area contributed by atoms with E-state index in [-0.39, 0.29) is 0 Å². The van der Waals surface area contributed by atoms with Crippen LogP contribution in [0.25, 0.3) is 22.3 Å². The minimum absolute atomic E-state index is 0.664. The van der Waals surface area contributed by atoms with Crippen LogP contribution in [0.5, 0.6) is 0 Å². The molecule has 4 aromatic rings. The Morgan fingerprint density at radius 1 is 0.232 bits per heavy atom. The quantitative estimate of drug-likeness (QED) is 0.196. The van der Waals surface area contributed by atoms with Crippen molar-refractivity contribution in [3.05, 3.63) is 202 Å². The molecule has 0 spiro atoms. The summed E-state index contributed by atoms with van der Waals surface area (Å²) in [4.78, 5) is 21.6. The summed E-state index contributed by atoms with van der Waals surface area (Å²) in [7, 11) is 0. The molecule has 4 nitrogen and oxygen atoms in total. The van der Waals surface area contributed by atoms with E-state index in [1.165, 1.54) is 0 Å². The second kappa shape index (κ2) is 15.8. The van der Waals surface area contributed by atoms with E-state index in [1.807, 2.05) is 36.4 Å². The fourth-order valence-corrected chi connectivity index (χ4v) is 12.6. The summed E-state index contributed by atoms with van der Waals surface area (Å²) in [6.45, 7) is 0. The zero-order valence-electron chi connectivity index (χ0n) is 28.4. The first-order valence-electron chi connectivity index (χ1n) is 16.9. The largest absolute Gasteiger partial charge is 0.246 e. The van der Waals surface area contributed by atoms with Gasteiger partial charge in [0.1, 0.15) is 0 Å². The lowest BCUT2D eigenvalue weighted by Crippen LogP contribution is -2.07. The third kappa shape index (κ3) is 6.51. The maximum atomic E-state index is 5.69. The molecule has 0 atom stereocenters. The molecule has 5 aliphatic heterocycles. The van der Waals surface area contributed by atoms with Gasteiger partial charge in [0, 0.05) is 22.3 Å². The average molecular weight is 1240 g/mol. The fourth-order valence-electron chi connectivity index (χ4n) is 6.95. The Balaban J connectivity index is 1.52. The molecule has 0 amide bonds. The standard InChI is InChI=1S/C44H20Br8N4/c45-29-27(23-17-9-3-10-18-23)38-28(24-19-11-4-12-20-24)37-25(21-13-5-1-6-14-21)26(22-15-7-2-8-16-22)39(53-37)34(50)41-30(46)31(47)43(55-41)36(52)44-33(49)32(48)42(56-44)35(51)40(29)54-38/h1-20H. The number of aliphatic imine (C=N–C) groups is 4. The molecule has 5 aliphatic rings. The molecular formula is C44H20Br8N4. The summed E-state index contributed by atoms with van der Waals surface area (Å²) in [5.74, 6) is 0. The predicted molar refractivity (Wildman–Crippen MR) is 263 cm³/mol. The van der Waals surface area contributed by atoms with Crippen LogP contribution in [0.3, 0.4) is 0 Å². The maximum absolute atomic E-state index is 5.69. The highest BCUT2D eigenvalue weighted by molar-refractivity contribution is 9.15. The van der Waals surface area contributed by atoms with Crippen LogP contribution in [0, 0.1) is 0 Å². The van der Waals surface area contributed by atoms with Crippen LogP contribution < -0.4 is 0 Å². The summed E-state index contributed by atoms with van der Waals surface area (Å²) < 4.78 is 5.98. The molecule has 272 valence electrons. The van der Waals surface area contributed by atoms with Gasteiger partial charge < -0.3 is 0 Å². The summed E-state index contributed by atoms with van der Waals surface area (Å²) in [5, 5.41) is 0. The lowest BCUT2D eigenvalue weighted by Gasteiger charge is -2.17. The van der Waals surface area contributed by atoms with Crippen molar-refractivity contribution in [1.29, 1.82) is 0 Å². The third-order valence-electron chi connectivity index (χ3n) is 9.47. The SMILES string of the molecule is BrC1=C(Br)C2=C(Br)C3=NC(=C(Br)C4=NC(=C(c5ccccc5)C5=NC(=C(Br)C1=N2)C(Br)=C5c1ccccc1)C(c1ccccc1)=C4c1ccccc1)C(Br)=C3Br. The van der Waals surface area contributed by atoms with E-state index >= 15 is 0 Å². The number of hydrogen-bond donors (Lipinski definition) is 0. The van der Waals surface area contributed by atoms with Gasteiger partial charge in [0.25, 0.3) is 0 Å². The van der Waals surface area contributed by atoms with Crippen LogP contribution in [-0.4, -0.2) is 22.8 Å². The second-order valence-corrected chi connectivity index (χ2v) is 19.1. The van der Waals surface area contributed by atoms with Crippen molar-refractivity contribution in [2.75, 3.05) is 0 Å². The highest BCUT2D eigenvalue weighted by Gasteiger charge is 2.39. The number of allylic oxidation sites excluding steroid dienone is 12. The monoisotopic (exact) mass is 1240 g/mol. The third-order valence-corrected chi connectivity index (χ3v) is 16.6. The molecule has 0 saturated carbocycles. The normalized spacial score (nSPS) is 18.6. The van der Waals surface area contributed by atoms with Gasteiger partial charge in [0.05, 0.1) is 81.5 Å². The highest BCUT2D eigenvalue weighted by Crippen LogP contribution is 2.52. The van der Waals surface area contributed by atoms with Crippen LogP contribution in [-0.2, 0) is 0 Å². The molecule has 0 N–H and O–H groups in total. The van der Waals surface area contributed by atoms with Crippen molar-refractivity contribution in [2.45, 2.75) is 0 Å². The van der Waals surface area contributed by atoms with Gasteiger partial charge in [-0.15, -0.1) is 0 Å². The van der Waals surface area contributed by atoms with Crippen LogP contribution in [0.15, 0.2) is 200 Å². The molecule has 0 unspecified atom stereocenters. The number of halogens is 8. The number of nitrogens with zero attached hydrogens (tertiary/aromatic N) is 4. The first-order chi connectivity index (χ1) is 27.2. The molecule has 5 heterocycles. The minimum Gasteiger partial charge on any atom is -0.246 e. The Labute approximate surface area is 390 Å². The predicted octanol–water partition coefficient (Wildman–Crippen LogP) is 15.5. The van der Waals surface area contributed by atoms with Gasteiger partial charge >= 0.3 is 0 Å². The first-order valence-corrected chi connectivity index (χ1v) is 23.3. The maximum Gasteiger partial charge on any atom is 0.0956 e. The Kier molecular flexibility index (Phi) is 11.0. The van der Waals surface area contributed by atoms with E-state index in [0.717, 1.165) is 84.1 Å². The molecule has 4 aromatic carbocycles. The first kappa shape index (κ1) is 38.8. The minimum atomic E-state index is 0.664. The fraction of sp³-hybridized carbons (Fsp3) is 0. The van der Waals surface area contributed by atoms with Gasteiger partial charge in [-0.05, 0) is 150 Å². The van der Waals surface area contributed by atoms with Crippen molar-refractivity contribution >= 4 is 173 Å². The van der Waals surface area contributed by atoms with E-state index in [2.05, 4.69) is 212 Å². The van der Waals surface area contributed by atoms with E-state index in [9.17, 15) is 0 Å². The number of rotatable bonds is 4. The van der Waals surface area contributed by atoms with Crippen LogP contribution in [0.1, 0.15) is 22.3 Å². The zero-order chi connectivity index (χ0) is 38.8. The Morgan fingerprint density at radius 3 is 1.00 bits per heavy atom. The Morgan fingerprint density at radius 2 is 0.554 bits per heavy atom. The topological polar surface area (TPSA) is 49.4 Å². The molecule has 9 rings (SSSR count). The molecule has 0 radical (unpaired) electrons. The van der Waals surface area contributed by atoms with E-state index in [1.54, 1.807) is 0 Å². The molecule has 0 saturated heterocycles. The summed E-state index contributed by atoms with van der Waals surface area (Å²) in [6, 6.07) is 41.6. The molecule has 0 aromatic heterocycles. The van der Waals surface area contributed by atoms with Crippen LogP contribution in [0.4, 0.5) is 0 Å². The van der Waals surface area contributed by atoms with Gasteiger partial charge in [-0.2, -0.15) is 0 Å². The van der Waals surface area contributed by atoms with E-state index < -0.39 is 0 Å². The number of benzene rings is 4. The van der Waals surface area contributed by atoms with E-state index in [0.29, 0.717) is 42.0 Å². The Hall–Kier alpha value is -2.68. The van der Waals surface area contributed by atoms with Crippen molar-refractivity contribution in [3.63, 3.8) is 0 Å². The van der Waals surface area contributed by atoms with Gasteiger partial charge in [-0.1, -0.05) is 121 Å². The van der Waals surface area contributed by atoms with Crippen LogP contribution >= 0.6 is 127 Å². The zero-order valence-corrected chi connectivity index (χ0v) is 41.0. The summed E-state index contributed by atoms with van der Waals surface area (Å²) in [5.41, 5.74) is 13.3. The van der Waals surface area contributed by atoms with Crippen molar-refractivity contribution in [3.8, 4) is 0 Å².